The van der Waals surface area contributed by atoms with E-state index in [9.17, 15) is 13.2 Å². The number of carbonyl (C=O) groups is 1. The topological polar surface area (TPSA) is 66.5 Å². The first-order valence-electron chi connectivity index (χ1n) is 9.49. The summed E-state index contributed by atoms with van der Waals surface area (Å²) in [5.74, 6) is -0.298. The third kappa shape index (κ3) is 5.83. The number of nitrogens with zero attached hydrogens (tertiary/aromatic N) is 1. The Labute approximate surface area is 168 Å². The van der Waals surface area contributed by atoms with E-state index in [-0.39, 0.29) is 5.91 Å². The fourth-order valence-electron chi connectivity index (χ4n) is 3.19. The lowest BCUT2D eigenvalue weighted by Crippen LogP contribution is -2.48. The maximum absolute atomic E-state index is 12.6. The Morgan fingerprint density at radius 2 is 1.79 bits per heavy atom. The molecule has 2 aromatic carbocycles. The number of nitrogens with one attached hydrogen (secondary N) is 1. The first-order chi connectivity index (χ1) is 13.1. The van der Waals surface area contributed by atoms with Gasteiger partial charge in [0.1, 0.15) is 6.04 Å². The lowest BCUT2D eigenvalue weighted by Gasteiger charge is -2.28. The Hall–Kier alpha value is -2.34. The molecule has 0 saturated carbocycles. The predicted octanol–water partition coefficient (Wildman–Crippen LogP) is 3.52. The van der Waals surface area contributed by atoms with E-state index in [0.29, 0.717) is 12.2 Å². The van der Waals surface area contributed by atoms with Crippen LogP contribution in [0.5, 0.6) is 0 Å². The SMILES string of the molecule is Cc1cccc(CCCNC(=O)[C@H](C)N(c2ccc(C)c(C)c2)S(C)(=O)=O)c1. The summed E-state index contributed by atoms with van der Waals surface area (Å²) in [6.07, 6.45) is 2.79. The Balaban J connectivity index is 2.02. The number of anilines is 1. The molecular formula is C22H30N2O3S. The van der Waals surface area contributed by atoms with Crippen molar-refractivity contribution in [1.29, 1.82) is 0 Å². The minimum Gasteiger partial charge on any atom is -0.354 e. The highest BCUT2D eigenvalue weighted by Crippen LogP contribution is 2.23. The Bertz CT molecular complexity index is 939. The van der Waals surface area contributed by atoms with E-state index in [4.69, 9.17) is 0 Å². The van der Waals surface area contributed by atoms with Crippen LogP contribution in [0.4, 0.5) is 5.69 Å². The number of sulfonamides is 1. The van der Waals surface area contributed by atoms with Crippen molar-refractivity contribution >= 4 is 21.6 Å². The normalized spacial score (nSPS) is 12.5. The molecule has 0 aliphatic rings. The largest absolute Gasteiger partial charge is 0.354 e. The monoisotopic (exact) mass is 402 g/mol. The second-order valence-corrected chi connectivity index (χ2v) is 9.25. The molecule has 6 heteroatoms. The maximum Gasteiger partial charge on any atom is 0.243 e. The molecule has 5 nitrogen and oxygen atoms in total. The quantitative estimate of drug-likeness (QED) is 0.687. The minimum absolute atomic E-state index is 0.298. The standard InChI is InChI=1S/C22H30N2O3S/c1-16-8-6-9-20(14-16)10-7-13-23-22(25)19(4)24(28(5,26)27)21-12-11-17(2)18(3)15-21/h6,8-9,11-12,14-15,19H,7,10,13H2,1-5H3,(H,23,25)/t19-/m0/s1. The zero-order chi connectivity index (χ0) is 20.9. The molecule has 0 heterocycles. The second kappa shape index (κ2) is 9.24. The third-order valence-electron chi connectivity index (χ3n) is 4.86. The molecule has 1 N–H and O–H groups in total. The van der Waals surface area contributed by atoms with Crippen LogP contribution in [-0.2, 0) is 21.2 Å². The Morgan fingerprint density at radius 1 is 1.07 bits per heavy atom. The molecule has 0 aliphatic heterocycles. The van der Waals surface area contributed by atoms with Crippen LogP contribution in [0.1, 0.15) is 35.6 Å². The predicted molar refractivity (Wildman–Crippen MR) is 115 cm³/mol. The first-order valence-corrected chi connectivity index (χ1v) is 11.3. The Morgan fingerprint density at radius 3 is 2.39 bits per heavy atom. The van der Waals surface area contributed by atoms with E-state index in [1.54, 1.807) is 19.1 Å². The van der Waals surface area contributed by atoms with E-state index in [2.05, 4.69) is 30.4 Å². The molecule has 0 fully saturated rings. The van der Waals surface area contributed by atoms with E-state index in [1.165, 1.54) is 15.4 Å². The average molecular weight is 403 g/mol. The summed E-state index contributed by atoms with van der Waals surface area (Å²) in [5, 5.41) is 2.87. The molecule has 0 unspecified atom stereocenters. The number of carbonyl (C=O) groups excluding carboxylic acids is 1. The lowest BCUT2D eigenvalue weighted by molar-refractivity contribution is -0.121. The van der Waals surface area contributed by atoms with Gasteiger partial charge >= 0.3 is 0 Å². The Kier molecular flexibility index (Phi) is 7.24. The smallest absolute Gasteiger partial charge is 0.243 e. The van der Waals surface area contributed by atoms with Crippen molar-refractivity contribution in [3.8, 4) is 0 Å². The van der Waals surface area contributed by atoms with Crippen molar-refractivity contribution in [3.63, 3.8) is 0 Å². The van der Waals surface area contributed by atoms with Gasteiger partial charge in [0, 0.05) is 6.54 Å². The van der Waals surface area contributed by atoms with Crippen LogP contribution >= 0.6 is 0 Å². The molecule has 0 spiro atoms. The van der Waals surface area contributed by atoms with Gasteiger partial charge in [0.2, 0.25) is 15.9 Å². The first kappa shape index (κ1) is 22.0. The van der Waals surface area contributed by atoms with Crippen molar-refractivity contribution in [1.82, 2.24) is 5.32 Å². The van der Waals surface area contributed by atoms with Crippen molar-refractivity contribution in [2.75, 3.05) is 17.1 Å². The number of aryl methyl sites for hydroxylation is 4. The van der Waals surface area contributed by atoms with Crippen molar-refractivity contribution in [2.45, 2.75) is 46.6 Å². The van der Waals surface area contributed by atoms with Crippen LogP contribution < -0.4 is 9.62 Å². The van der Waals surface area contributed by atoms with Crippen LogP contribution in [0.25, 0.3) is 0 Å². The number of amides is 1. The molecule has 0 saturated heterocycles. The highest BCUT2D eigenvalue weighted by Gasteiger charge is 2.29. The molecule has 0 aromatic heterocycles. The van der Waals surface area contributed by atoms with Crippen LogP contribution in [0.15, 0.2) is 42.5 Å². The van der Waals surface area contributed by atoms with Crippen LogP contribution in [-0.4, -0.2) is 33.2 Å². The number of hydrogen-bond donors (Lipinski definition) is 1. The third-order valence-corrected chi connectivity index (χ3v) is 6.10. The van der Waals surface area contributed by atoms with Gasteiger partial charge in [-0.2, -0.15) is 0 Å². The van der Waals surface area contributed by atoms with Crippen molar-refractivity contribution < 1.29 is 13.2 Å². The molecule has 0 radical (unpaired) electrons. The van der Waals surface area contributed by atoms with E-state index >= 15 is 0 Å². The van der Waals surface area contributed by atoms with Gasteiger partial charge in [0.15, 0.2) is 0 Å². The second-order valence-electron chi connectivity index (χ2n) is 7.39. The molecule has 2 aromatic rings. The van der Waals surface area contributed by atoms with Crippen LogP contribution in [0.3, 0.4) is 0 Å². The highest BCUT2D eigenvalue weighted by molar-refractivity contribution is 7.92. The number of benzene rings is 2. The van der Waals surface area contributed by atoms with Gasteiger partial charge in [-0.05, 0) is 69.4 Å². The zero-order valence-electron chi connectivity index (χ0n) is 17.3. The molecule has 1 atom stereocenters. The lowest BCUT2D eigenvalue weighted by atomic mass is 10.1. The molecule has 28 heavy (non-hydrogen) atoms. The molecule has 0 aliphatic carbocycles. The molecule has 2 rings (SSSR count). The molecule has 152 valence electrons. The van der Waals surface area contributed by atoms with Gasteiger partial charge in [-0.15, -0.1) is 0 Å². The van der Waals surface area contributed by atoms with E-state index in [0.717, 1.165) is 30.2 Å². The summed E-state index contributed by atoms with van der Waals surface area (Å²) in [7, 11) is -3.60. The van der Waals surface area contributed by atoms with Gasteiger partial charge in [-0.25, -0.2) is 8.42 Å². The zero-order valence-corrected chi connectivity index (χ0v) is 18.1. The average Bonchev–Trinajstić information content (AvgIpc) is 2.60. The van der Waals surface area contributed by atoms with Gasteiger partial charge in [-0.3, -0.25) is 9.10 Å². The van der Waals surface area contributed by atoms with Crippen molar-refractivity contribution in [2.24, 2.45) is 0 Å². The number of hydrogen-bond acceptors (Lipinski definition) is 3. The van der Waals surface area contributed by atoms with Crippen LogP contribution in [0.2, 0.25) is 0 Å². The van der Waals surface area contributed by atoms with Gasteiger partial charge < -0.3 is 5.32 Å². The summed E-state index contributed by atoms with van der Waals surface area (Å²) in [6, 6.07) is 12.9. The summed E-state index contributed by atoms with van der Waals surface area (Å²) in [4.78, 5) is 12.6. The summed E-state index contributed by atoms with van der Waals surface area (Å²) < 4.78 is 25.9. The molecular weight excluding hydrogens is 372 g/mol. The maximum atomic E-state index is 12.6. The fourth-order valence-corrected chi connectivity index (χ4v) is 4.36. The van der Waals surface area contributed by atoms with Gasteiger partial charge in [-0.1, -0.05) is 35.9 Å². The summed E-state index contributed by atoms with van der Waals surface area (Å²) in [5.41, 5.74) is 5.01. The minimum atomic E-state index is -3.60. The van der Waals surface area contributed by atoms with Crippen molar-refractivity contribution in [3.05, 3.63) is 64.7 Å². The molecule has 1 amide bonds. The summed E-state index contributed by atoms with van der Waals surface area (Å²) in [6.45, 7) is 8.07. The molecule has 0 bridgehead atoms. The van der Waals surface area contributed by atoms with Crippen LogP contribution in [0, 0.1) is 20.8 Å². The summed E-state index contributed by atoms with van der Waals surface area (Å²) >= 11 is 0. The van der Waals surface area contributed by atoms with E-state index in [1.807, 2.05) is 26.0 Å². The van der Waals surface area contributed by atoms with Gasteiger partial charge in [0.05, 0.1) is 11.9 Å². The fraction of sp³-hybridized carbons (Fsp3) is 0.409. The van der Waals surface area contributed by atoms with Gasteiger partial charge in [0.25, 0.3) is 0 Å². The van der Waals surface area contributed by atoms with E-state index < -0.39 is 16.1 Å². The highest BCUT2D eigenvalue weighted by atomic mass is 32.2. The number of rotatable bonds is 8.